The number of nitrogen functional groups attached to an aromatic ring is 1. The molecule has 2 heterocycles. The minimum atomic E-state index is 0.104. The molecule has 1 atom stereocenters. The van der Waals surface area contributed by atoms with Crippen LogP contribution in [0.2, 0.25) is 0 Å². The van der Waals surface area contributed by atoms with E-state index in [0.717, 1.165) is 19.4 Å². The maximum atomic E-state index is 5.54. The van der Waals surface area contributed by atoms with Gasteiger partial charge in [0.1, 0.15) is 6.23 Å². The second-order valence-corrected chi connectivity index (χ2v) is 2.98. The number of nitrogens with two attached hydrogens (primary N) is 1. The Hall–Kier alpha value is -1.36. The molecule has 1 aliphatic rings. The molecule has 5 heteroatoms. The Morgan fingerprint density at radius 1 is 1.46 bits per heavy atom. The van der Waals surface area contributed by atoms with Crippen molar-refractivity contribution in [2.24, 2.45) is 0 Å². The van der Waals surface area contributed by atoms with Gasteiger partial charge in [-0.15, -0.1) is 0 Å². The van der Waals surface area contributed by atoms with Crippen molar-refractivity contribution in [3.63, 3.8) is 0 Å². The first-order chi connectivity index (χ1) is 6.34. The van der Waals surface area contributed by atoms with E-state index in [1.807, 2.05) is 0 Å². The normalized spacial score (nSPS) is 21.7. The van der Waals surface area contributed by atoms with Crippen LogP contribution in [0.5, 0.6) is 5.75 Å². The van der Waals surface area contributed by atoms with E-state index in [1.165, 1.54) is 0 Å². The lowest BCUT2D eigenvalue weighted by atomic mass is 10.4. The lowest BCUT2D eigenvalue weighted by molar-refractivity contribution is 0.186. The van der Waals surface area contributed by atoms with Crippen LogP contribution in [0.3, 0.4) is 0 Å². The minimum absolute atomic E-state index is 0.104. The lowest BCUT2D eigenvalue weighted by Gasteiger charge is -2.12. The van der Waals surface area contributed by atoms with Crippen molar-refractivity contribution in [2.45, 2.75) is 19.1 Å². The topological polar surface area (TPSA) is 73.1 Å². The summed E-state index contributed by atoms with van der Waals surface area (Å²) in [5.41, 5.74) is 5.34. The van der Waals surface area contributed by atoms with Gasteiger partial charge in [-0.25, -0.2) is 9.97 Å². The van der Waals surface area contributed by atoms with Crippen molar-refractivity contribution in [2.75, 3.05) is 12.3 Å². The number of nitrogens with zero attached hydrogens (tertiary/aromatic N) is 2. The molecule has 5 nitrogen and oxygen atoms in total. The third kappa shape index (κ3) is 2.06. The fourth-order valence-electron chi connectivity index (χ4n) is 1.30. The maximum absolute atomic E-state index is 5.54. The molecule has 0 radical (unpaired) electrons. The second kappa shape index (κ2) is 3.57. The molecule has 0 amide bonds. The molecule has 13 heavy (non-hydrogen) atoms. The number of anilines is 1. The van der Waals surface area contributed by atoms with Crippen LogP contribution in [-0.2, 0) is 0 Å². The molecule has 0 aliphatic carbocycles. The summed E-state index contributed by atoms with van der Waals surface area (Å²) in [4.78, 5) is 7.67. The Bertz CT molecular complexity index is 268. The molecule has 70 valence electrons. The fraction of sp³-hybridized carbons (Fsp3) is 0.500. The van der Waals surface area contributed by atoms with Gasteiger partial charge in [0.25, 0.3) is 0 Å². The highest BCUT2D eigenvalue weighted by atomic mass is 16.5. The SMILES string of the molecule is Nc1ncc(OC2CCCN2)cn1. The van der Waals surface area contributed by atoms with Crippen LogP contribution in [0, 0.1) is 0 Å². The molecule has 1 aromatic rings. The molecular formula is C8H12N4O. The number of aromatic nitrogens is 2. The highest BCUT2D eigenvalue weighted by molar-refractivity contribution is 5.21. The van der Waals surface area contributed by atoms with E-state index in [9.17, 15) is 0 Å². The molecular weight excluding hydrogens is 168 g/mol. The van der Waals surface area contributed by atoms with Crippen LogP contribution in [0.4, 0.5) is 5.95 Å². The molecule has 1 fully saturated rings. The standard InChI is InChI=1S/C8H12N4O/c9-8-11-4-6(5-12-8)13-7-2-1-3-10-7/h4-5,7,10H,1-3H2,(H2,9,11,12). The molecule has 2 rings (SSSR count). The van der Waals surface area contributed by atoms with Crippen molar-refractivity contribution in [1.82, 2.24) is 15.3 Å². The van der Waals surface area contributed by atoms with Gasteiger partial charge in [-0.3, -0.25) is 5.32 Å². The third-order valence-electron chi connectivity index (χ3n) is 1.94. The van der Waals surface area contributed by atoms with Crippen LogP contribution >= 0.6 is 0 Å². The van der Waals surface area contributed by atoms with Crippen LogP contribution in [0.25, 0.3) is 0 Å². The van der Waals surface area contributed by atoms with Crippen LogP contribution < -0.4 is 15.8 Å². The van der Waals surface area contributed by atoms with Crippen molar-refractivity contribution >= 4 is 5.95 Å². The summed E-state index contributed by atoms with van der Waals surface area (Å²) in [6, 6.07) is 0. The van der Waals surface area contributed by atoms with E-state index < -0.39 is 0 Å². The summed E-state index contributed by atoms with van der Waals surface area (Å²) >= 11 is 0. The summed E-state index contributed by atoms with van der Waals surface area (Å²) in [6.45, 7) is 1.01. The Morgan fingerprint density at radius 3 is 2.85 bits per heavy atom. The predicted molar refractivity (Wildman–Crippen MR) is 48.1 cm³/mol. The summed E-state index contributed by atoms with van der Waals surface area (Å²) in [6.07, 6.45) is 5.46. The summed E-state index contributed by atoms with van der Waals surface area (Å²) in [5, 5.41) is 3.21. The zero-order valence-electron chi connectivity index (χ0n) is 7.23. The number of nitrogens with one attached hydrogen (secondary N) is 1. The average Bonchev–Trinajstić information content (AvgIpc) is 2.62. The summed E-state index contributed by atoms with van der Waals surface area (Å²) < 4.78 is 5.54. The number of hydrogen-bond acceptors (Lipinski definition) is 5. The van der Waals surface area contributed by atoms with E-state index in [4.69, 9.17) is 10.5 Å². The van der Waals surface area contributed by atoms with Gasteiger partial charge in [0.05, 0.1) is 12.4 Å². The van der Waals surface area contributed by atoms with Crippen LogP contribution in [0.1, 0.15) is 12.8 Å². The molecule has 1 saturated heterocycles. The molecule has 0 bridgehead atoms. The molecule has 0 aromatic carbocycles. The monoisotopic (exact) mass is 180 g/mol. The lowest BCUT2D eigenvalue weighted by Crippen LogP contribution is -2.27. The van der Waals surface area contributed by atoms with Crippen LogP contribution in [-0.4, -0.2) is 22.7 Å². The van der Waals surface area contributed by atoms with Gasteiger partial charge < -0.3 is 10.5 Å². The molecule has 1 aliphatic heterocycles. The van der Waals surface area contributed by atoms with Gasteiger partial charge in [-0.2, -0.15) is 0 Å². The Kier molecular flexibility index (Phi) is 2.27. The van der Waals surface area contributed by atoms with Gasteiger partial charge in [0.2, 0.25) is 5.95 Å². The van der Waals surface area contributed by atoms with Crippen molar-refractivity contribution in [1.29, 1.82) is 0 Å². The van der Waals surface area contributed by atoms with Gasteiger partial charge >= 0.3 is 0 Å². The van der Waals surface area contributed by atoms with Crippen molar-refractivity contribution in [3.8, 4) is 5.75 Å². The quantitative estimate of drug-likeness (QED) is 0.677. The van der Waals surface area contributed by atoms with Crippen molar-refractivity contribution < 1.29 is 4.74 Å². The largest absolute Gasteiger partial charge is 0.472 e. The Labute approximate surface area is 76.3 Å². The van der Waals surface area contributed by atoms with E-state index in [0.29, 0.717) is 5.75 Å². The maximum Gasteiger partial charge on any atom is 0.220 e. The van der Waals surface area contributed by atoms with Gasteiger partial charge in [0, 0.05) is 0 Å². The summed E-state index contributed by atoms with van der Waals surface area (Å²) in [5.74, 6) is 0.931. The minimum Gasteiger partial charge on any atom is -0.472 e. The van der Waals surface area contributed by atoms with E-state index in [-0.39, 0.29) is 12.2 Å². The highest BCUT2D eigenvalue weighted by Crippen LogP contribution is 2.13. The summed E-state index contributed by atoms with van der Waals surface area (Å²) in [7, 11) is 0. The molecule has 1 unspecified atom stereocenters. The highest BCUT2D eigenvalue weighted by Gasteiger charge is 2.15. The Balaban J connectivity index is 1.97. The van der Waals surface area contributed by atoms with E-state index >= 15 is 0 Å². The molecule has 0 spiro atoms. The molecule has 0 saturated carbocycles. The number of rotatable bonds is 2. The van der Waals surface area contributed by atoms with Gasteiger partial charge in [-0.1, -0.05) is 0 Å². The number of ether oxygens (including phenoxy) is 1. The smallest absolute Gasteiger partial charge is 0.220 e. The zero-order valence-corrected chi connectivity index (χ0v) is 7.23. The predicted octanol–water partition coefficient (Wildman–Crippen LogP) is 0.147. The second-order valence-electron chi connectivity index (χ2n) is 2.98. The average molecular weight is 180 g/mol. The first kappa shape index (κ1) is 8.25. The first-order valence-electron chi connectivity index (χ1n) is 4.32. The Morgan fingerprint density at radius 2 is 2.23 bits per heavy atom. The van der Waals surface area contributed by atoms with Crippen LogP contribution in [0.15, 0.2) is 12.4 Å². The van der Waals surface area contributed by atoms with E-state index in [2.05, 4.69) is 15.3 Å². The third-order valence-corrected chi connectivity index (χ3v) is 1.94. The van der Waals surface area contributed by atoms with Gasteiger partial charge in [-0.05, 0) is 19.4 Å². The van der Waals surface area contributed by atoms with Gasteiger partial charge in [0.15, 0.2) is 5.75 Å². The molecule has 1 aromatic heterocycles. The number of hydrogen-bond donors (Lipinski definition) is 2. The zero-order chi connectivity index (χ0) is 9.10. The van der Waals surface area contributed by atoms with E-state index in [1.54, 1.807) is 12.4 Å². The van der Waals surface area contributed by atoms with Crippen molar-refractivity contribution in [3.05, 3.63) is 12.4 Å². The fourth-order valence-corrected chi connectivity index (χ4v) is 1.30. The molecule has 3 N–H and O–H groups in total. The first-order valence-corrected chi connectivity index (χ1v) is 4.32.